The van der Waals surface area contributed by atoms with E-state index in [2.05, 4.69) is 5.32 Å². The number of para-hydroxylation sites is 2. The molecule has 9 heteroatoms. The molecule has 196 valence electrons. The van der Waals surface area contributed by atoms with Gasteiger partial charge in [-0.25, -0.2) is 8.42 Å². The van der Waals surface area contributed by atoms with Crippen LogP contribution in [0.1, 0.15) is 25.0 Å². The molecule has 8 nitrogen and oxygen atoms in total. The highest BCUT2D eigenvalue weighted by atomic mass is 32.2. The third-order valence-corrected chi connectivity index (χ3v) is 7.83. The Bertz CT molecular complexity index is 1330. The average molecular weight is 524 g/mol. The molecule has 37 heavy (non-hydrogen) atoms. The summed E-state index contributed by atoms with van der Waals surface area (Å²) < 4.78 is 34.4. The lowest BCUT2D eigenvalue weighted by Gasteiger charge is -2.32. The fourth-order valence-electron chi connectivity index (χ4n) is 3.94. The van der Waals surface area contributed by atoms with Gasteiger partial charge in [0.15, 0.2) is 0 Å². The SMILES string of the molecule is CCOc1ccccc1N(CC(=O)N(Cc1ccccc1C)C(C)C(=O)NC)S(=O)(=O)c1ccccc1. The second-order valence-electron chi connectivity index (χ2n) is 8.46. The summed E-state index contributed by atoms with van der Waals surface area (Å²) in [5, 5.41) is 2.58. The summed E-state index contributed by atoms with van der Waals surface area (Å²) in [6.07, 6.45) is 0. The van der Waals surface area contributed by atoms with Crippen molar-refractivity contribution in [3.05, 3.63) is 90.0 Å². The predicted molar refractivity (Wildman–Crippen MR) is 144 cm³/mol. The van der Waals surface area contributed by atoms with Crippen LogP contribution in [0, 0.1) is 6.92 Å². The average Bonchev–Trinajstić information content (AvgIpc) is 2.91. The van der Waals surface area contributed by atoms with E-state index in [1.54, 1.807) is 56.3 Å². The van der Waals surface area contributed by atoms with Crippen LogP contribution in [0.2, 0.25) is 0 Å². The first kappa shape index (κ1) is 27.7. The number of hydrogen-bond donors (Lipinski definition) is 1. The van der Waals surface area contributed by atoms with Gasteiger partial charge >= 0.3 is 0 Å². The molecule has 0 aliphatic carbocycles. The van der Waals surface area contributed by atoms with Crippen molar-refractivity contribution in [1.29, 1.82) is 0 Å². The molecule has 3 rings (SSSR count). The summed E-state index contributed by atoms with van der Waals surface area (Å²) in [6.45, 7) is 5.29. The number of aryl methyl sites for hydroxylation is 1. The molecular weight excluding hydrogens is 490 g/mol. The first-order chi connectivity index (χ1) is 17.7. The lowest BCUT2D eigenvalue weighted by molar-refractivity contribution is -0.139. The van der Waals surface area contributed by atoms with Crippen molar-refractivity contribution >= 4 is 27.5 Å². The third-order valence-electron chi connectivity index (χ3n) is 6.06. The molecule has 0 saturated heterocycles. The molecule has 0 aliphatic rings. The van der Waals surface area contributed by atoms with Gasteiger partial charge in [-0.2, -0.15) is 0 Å². The zero-order valence-corrected chi connectivity index (χ0v) is 22.4. The van der Waals surface area contributed by atoms with Gasteiger partial charge in [-0.3, -0.25) is 13.9 Å². The summed E-state index contributed by atoms with van der Waals surface area (Å²) in [6, 6.07) is 21.4. The van der Waals surface area contributed by atoms with Crippen LogP contribution < -0.4 is 14.4 Å². The Labute approximate surface area is 218 Å². The zero-order valence-electron chi connectivity index (χ0n) is 21.5. The topological polar surface area (TPSA) is 96.0 Å². The molecule has 0 fully saturated rings. The number of carbonyl (C=O) groups excluding carboxylic acids is 2. The fraction of sp³-hybridized carbons (Fsp3) is 0.286. The minimum atomic E-state index is -4.15. The van der Waals surface area contributed by atoms with E-state index in [0.29, 0.717) is 12.4 Å². The number of nitrogens with one attached hydrogen (secondary N) is 1. The van der Waals surface area contributed by atoms with Gasteiger partial charge in [-0.15, -0.1) is 0 Å². The molecule has 1 atom stereocenters. The van der Waals surface area contributed by atoms with Crippen LogP contribution in [-0.4, -0.2) is 51.4 Å². The fourth-order valence-corrected chi connectivity index (χ4v) is 5.38. The van der Waals surface area contributed by atoms with Crippen molar-refractivity contribution in [2.75, 3.05) is 24.5 Å². The molecule has 0 saturated carbocycles. The van der Waals surface area contributed by atoms with E-state index < -0.39 is 28.5 Å². The lowest BCUT2D eigenvalue weighted by Crippen LogP contribution is -2.50. The number of rotatable bonds is 11. The van der Waals surface area contributed by atoms with E-state index in [1.165, 1.54) is 24.1 Å². The number of sulfonamides is 1. The van der Waals surface area contributed by atoms with Crippen LogP contribution in [0.5, 0.6) is 5.75 Å². The molecule has 1 unspecified atom stereocenters. The van der Waals surface area contributed by atoms with E-state index >= 15 is 0 Å². The molecule has 0 aliphatic heterocycles. The Morgan fingerprint density at radius 3 is 2.22 bits per heavy atom. The smallest absolute Gasteiger partial charge is 0.264 e. The second kappa shape index (κ2) is 12.4. The predicted octanol–water partition coefficient (Wildman–Crippen LogP) is 3.75. The quantitative estimate of drug-likeness (QED) is 0.413. The summed E-state index contributed by atoms with van der Waals surface area (Å²) in [5.74, 6) is -0.540. The highest BCUT2D eigenvalue weighted by Gasteiger charge is 2.33. The number of likely N-dealkylation sites (N-methyl/N-ethyl adjacent to an activating group) is 1. The molecule has 0 heterocycles. The van der Waals surface area contributed by atoms with Crippen molar-refractivity contribution in [3.63, 3.8) is 0 Å². The highest BCUT2D eigenvalue weighted by molar-refractivity contribution is 7.92. The van der Waals surface area contributed by atoms with Crippen molar-refractivity contribution < 1.29 is 22.7 Å². The Hall–Kier alpha value is -3.85. The van der Waals surface area contributed by atoms with Gasteiger partial charge in [0, 0.05) is 13.6 Å². The van der Waals surface area contributed by atoms with Gasteiger partial charge in [0.25, 0.3) is 10.0 Å². The van der Waals surface area contributed by atoms with Gasteiger partial charge in [0.2, 0.25) is 11.8 Å². The molecule has 3 aromatic carbocycles. The molecule has 0 bridgehead atoms. The minimum Gasteiger partial charge on any atom is -0.492 e. The number of ether oxygens (including phenoxy) is 1. The van der Waals surface area contributed by atoms with E-state index in [-0.39, 0.29) is 23.0 Å². The third kappa shape index (κ3) is 6.48. The van der Waals surface area contributed by atoms with Crippen molar-refractivity contribution in [1.82, 2.24) is 10.2 Å². The molecule has 3 aromatic rings. The number of benzene rings is 3. The normalized spacial score (nSPS) is 11.9. The van der Waals surface area contributed by atoms with Crippen LogP contribution >= 0.6 is 0 Å². The van der Waals surface area contributed by atoms with Crippen molar-refractivity contribution in [2.45, 2.75) is 38.3 Å². The van der Waals surface area contributed by atoms with E-state index in [4.69, 9.17) is 4.74 Å². The van der Waals surface area contributed by atoms with Crippen LogP contribution in [0.4, 0.5) is 5.69 Å². The first-order valence-electron chi connectivity index (χ1n) is 12.1. The van der Waals surface area contributed by atoms with Gasteiger partial charge in [0.05, 0.1) is 17.2 Å². The zero-order chi connectivity index (χ0) is 27.0. The summed E-state index contributed by atoms with van der Waals surface area (Å²) in [5.41, 5.74) is 2.06. The maximum absolute atomic E-state index is 13.9. The summed E-state index contributed by atoms with van der Waals surface area (Å²) in [4.78, 5) is 27.9. The Morgan fingerprint density at radius 1 is 0.946 bits per heavy atom. The van der Waals surface area contributed by atoms with Gasteiger partial charge in [-0.1, -0.05) is 54.6 Å². The Balaban J connectivity index is 2.08. The molecule has 0 radical (unpaired) electrons. The van der Waals surface area contributed by atoms with Crippen LogP contribution in [0.25, 0.3) is 0 Å². The molecule has 0 spiro atoms. The maximum Gasteiger partial charge on any atom is 0.264 e. The molecular formula is C28H33N3O5S. The van der Waals surface area contributed by atoms with E-state index in [0.717, 1.165) is 15.4 Å². The largest absolute Gasteiger partial charge is 0.492 e. The van der Waals surface area contributed by atoms with E-state index in [1.807, 2.05) is 31.2 Å². The number of nitrogens with zero attached hydrogens (tertiary/aromatic N) is 2. The van der Waals surface area contributed by atoms with Crippen LogP contribution in [0.15, 0.2) is 83.8 Å². The standard InChI is InChI=1S/C28H33N3O5S/c1-5-36-26-18-12-11-17-25(26)31(37(34,35)24-15-7-6-8-16-24)20-27(32)30(22(3)28(33)29-4)19-23-14-10-9-13-21(23)2/h6-18,22H,5,19-20H2,1-4H3,(H,29,33). The highest BCUT2D eigenvalue weighted by Crippen LogP contribution is 2.32. The Morgan fingerprint density at radius 2 is 1.57 bits per heavy atom. The van der Waals surface area contributed by atoms with Crippen LogP contribution in [0.3, 0.4) is 0 Å². The minimum absolute atomic E-state index is 0.0407. The van der Waals surface area contributed by atoms with Gasteiger partial charge < -0.3 is 15.0 Å². The second-order valence-corrected chi connectivity index (χ2v) is 10.3. The van der Waals surface area contributed by atoms with E-state index in [9.17, 15) is 18.0 Å². The number of anilines is 1. The molecule has 0 aromatic heterocycles. The van der Waals surface area contributed by atoms with Gasteiger partial charge in [0.1, 0.15) is 18.3 Å². The molecule has 1 N–H and O–H groups in total. The van der Waals surface area contributed by atoms with Crippen LogP contribution in [-0.2, 0) is 26.2 Å². The number of hydrogen-bond acceptors (Lipinski definition) is 5. The maximum atomic E-state index is 13.9. The summed E-state index contributed by atoms with van der Waals surface area (Å²) >= 11 is 0. The number of amides is 2. The molecule has 2 amide bonds. The van der Waals surface area contributed by atoms with Crippen molar-refractivity contribution in [2.24, 2.45) is 0 Å². The lowest BCUT2D eigenvalue weighted by atomic mass is 10.1. The van der Waals surface area contributed by atoms with Gasteiger partial charge in [-0.05, 0) is 56.2 Å². The van der Waals surface area contributed by atoms with Crippen molar-refractivity contribution in [3.8, 4) is 5.75 Å². The summed E-state index contributed by atoms with van der Waals surface area (Å²) in [7, 11) is -2.65. The number of carbonyl (C=O) groups is 2. The monoisotopic (exact) mass is 523 g/mol. The first-order valence-corrected chi connectivity index (χ1v) is 13.5. The Kier molecular flexibility index (Phi) is 9.30.